The Morgan fingerprint density at radius 2 is 1.77 bits per heavy atom. The fraction of sp³-hybridized carbons (Fsp3) is 0.737. The van der Waals surface area contributed by atoms with Gasteiger partial charge in [0.2, 0.25) is 11.9 Å². The number of nitrogens with zero attached hydrogens (tertiary/aromatic N) is 5. The molecule has 1 amide bonds. The van der Waals surface area contributed by atoms with Gasteiger partial charge in [-0.15, -0.1) is 0 Å². The van der Waals surface area contributed by atoms with Crippen molar-refractivity contribution < 1.29 is 4.79 Å². The second-order valence-electron chi connectivity index (χ2n) is 7.60. The van der Waals surface area contributed by atoms with Gasteiger partial charge in [-0.2, -0.15) is 0 Å². The smallest absolute Gasteiger partial charge is 0.225 e. The van der Waals surface area contributed by atoms with Crippen molar-refractivity contribution in [3.63, 3.8) is 0 Å². The highest BCUT2D eigenvalue weighted by molar-refractivity contribution is 5.76. The molecule has 0 atom stereocenters. The van der Waals surface area contributed by atoms with Crippen molar-refractivity contribution in [3.8, 4) is 0 Å². The van der Waals surface area contributed by atoms with E-state index in [2.05, 4.69) is 38.9 Å². The molecular formula is C19H32N6O. The molecule has 7 nitrogen and oxygen atoms in total. The molecule has 2 fully saturated rings. The number of amides is 1. The molecule has 7 heteroatoms. The van der Waals surface area contributed by atoms with E-state index in [1.165, 1.54) is 12.8 Å². The molecule has 144 valence electrons. The number of piperazine rings is 1. The number of hydrogen-bond acceptors (Lipinski definition) is 6. The number of piperidine rings is 1. The number of aromatic nitrogens is 2. The van der Waals surface area contributed by atoms with Crippen molar-refractivity contribution in [2.24, 2.45) is 0 Å². The molecule has 3 heterocycles. The van der Waals surface area contributed by atoms with Gasteiger partial charge < -0.3 is 20.0 Å². The van der Waals surface area contributed by atoms with E-state index in [0.29, 0.717) is 18.5 Å². The molecule has 3 rings (SSSR count). The van der Waals surface area contributed by atoms with E-state index in [1.807, 2.05) is 11.0 Å². The first-order chi connectivity index (χ1) is 12.6. The normalized spacial score (nSPS) is 20.0. The quantitative estimate of drug-likeness (QED) is 0.816. The minimum atomic E-state index is 0.279. The van der Waals surface area contributed by atoms with Crippen LogP contribution in [0, 0.1) is 0 Å². The highest BCUT2D eigenvalue weighted by atomic mass is 16.2. The fourth-order valence-corrected chi connectivity index (χ4v) is 3.82. The van der Waals surface area contributed by atoms with Crippen LogP contribution in [-0.4, -0.2) is 83.6 Å². The van der Waals surface area contributed by atoms with Crippen molar-refractivity contribution in [1.29, 1.82) is 0 Å². The summed E-state index contributed by atoms with van der Waals surface area (Å²) in [7, 11) is 0. The number of carbonyl (C=O) groups excluding carboxylic acids is 1. The summed E-state index contributed by atoms with van der Waals surface area (Å²) in [6.45, 7) is 10.6. The summed E-state index contributed by atoms with van der Waals surface area (Å²) in [6.07, 6.45) is 6.52. The van der Waals surface area contributed by atoms with Gasteiger partial charge in [0.25, 0.3) is 0 Å². The lowest BCUT2D eigenvalue weighted by Gasteiger charge is -2.36. The zero-order chi connectivity index (χ0) is 18.4. The first-order valence-electron chi connectivity index (χ1n) is 9.90. The van der Waals surface area contributed by atoms with Crippen LogP contribution < -0.4 is 10.2 Å². The number of nitrogens with one attached hydrogen (secondary N) is 1. The van der Waals surface area contributed by atoms with Crippen LogP contribution in [0.1, 0.15) is 33.1 Å². The van der Waals surface area contributed by atoms with Crippen LogP contribution in [0.2, 0.25) is 0 Å². The third-order valence-electron chi connectivity index (χ3n) is 5.27. The molecule has 0 radical (unpaired) electrons. The number of anilines is 1. The number of likely N-dealkylation sites (tertiary alicyclic amines) is 1. The first kappa shape index (κ1) is 19.0. The summed E-state index contributed by atoms with van der Waals surface area (Å²) in [5, 5.41) is 3.62. The lowest BCUT2D eigenvalue weighted by atomic mass is 10.0. The molecule has 0 aromatic carbocycles. The van der Waals surface area contributed by atoms with Crippen molar-refractivity contribution in [3.05, 3.63) is 18.5 Å². The first-order valence-corrected chi connectivity index (χ1v) is 9.90. The van der Waals surface area contributed by atoms with Gasteiger partial charge in [-0.3, -0.25) is 4.79 Å². The molecule has 0 saturated carbocycles. The summed E-state index contributed by atoms with van der Waals surface area (Å²) in [5.41, 5.74) is 0. The van der Waals surface area contributed by atoms with Crippen LogP contribution in [0.3, 0.4) is 0 Å². The largest absolute Gasteiger partial charge is 0.339 e. The predicted molar refractivity (Wildman–Crippen MR) is 103 cm³/mol. The molecule has 0 bridgehead atoms. The van der Waals surface area contributed by atoms with Gasteiger partial charge in [0.1, 0.15) is 0 Å². The van der Waals surface area contributed by atoms with Gasteiger partial charge in [0.05, 0.1) is 0 Å². The molecule has 26 heavy (non-hydrogen) atoms. The molecule has 0 spiro atoms. The van der Waals surface area contributed by atoms with Crippen molar-refractivity contribution >= 4 is 11.9 Å². The lowest BCUT2D eigenvalue weighted by molar-refractivity contribution is -0.131. The molecule has 2 saturated heterocycles. The van der Waals surface area contributed by atoms with Crippen molar-refractivity contribution in [1.82, 2.24) is 25.1 Å². The van der Waals surface area contributed by atoms with Gasteiger partial charge in [-0.1, -0.05) is 13.8 Å². The van der Waals surface area contributed by atoms with Crippen LogP contribution in [-0.2, 0) is 4.79 Å². The van der Waals surface area contributed by atoms with Gasteiger partial charge in [-0.25, -0.2) is 9.97 Å². The molecule has 0 aliphatic carbocycles. The second-order valence-corrected chi connectivity index (χ2v) is 7.60. The Labute approximate surface area is 156 Å². The number of rotatable bonds is 6. The molecule has 1 aromatic heterocycles. The summed E-state index contributed by atoms with van der Waals surface area (Å²) in [6, 6.07) is 3.01. The maximum absolute atomic E-state index is 12.5. The standard InChI is InChI=1S/C19H32N6O/c1-16(2)22-17-4-9-23(10-5-17)11-6-18(26)24-12-14-25(15-13-24)19-20-7-3-8-21-19/h3,7-8,16-17,22H,4-6,9-15H2,1-2H3. The Hall–Kier alpha value is -1.73. The van der Waals surface area contributed by atoms with Gasteiger partial charge in [-0.05, 0) is 32.0 Å². The maximum atomic E-state index is 12.5. The molecular weight excluding hydrogens is 328 g/mol. The lowest BCUT2D eigenvalue weighted by Crippen LogP contribution is -2.50. The molecule has 2 aliphatic heterocycles. The number of hydrogen-bond donors (Lipinski definition) is 1. The van der Waals surface area contributed by atoms with Crippen molar-refractivity contribution in [2.45, 2.75) is 45.2 Å². The van der Waals surface area contributed by atoms with E-state index < -0.39 is 0 Å². The SMILES string of the molecule is CC(C)NC1CCN(CCC(=O)N2CCN(c3ncccn3)CC2)CC1. The van der Waals surface area contributed by atoms with Gasteiger partial charge in [0.15, 0.2) is 0 Å². The van der Waals surface area contributed by atoms with E-state index in [4.69, 9.17) is 0 Å². The molecule has 1 aromatic rings. The van der Waals surface area contributed by atoms with Crippen LogP contribution >= 0.6 is 0 Å². The van der Waals surface area contributed by atoms with Crippen LogP contribution in [0.25, 0.3) is 0 Å². The van der Waals surface area contributed by atoms with E-state index in [1.54, 1.807) is 12.4 Å². The fourth-order valence-electron chi connectivity index (χ4n) is 3.82. The van der Waals surface area contributed by atoms with Crippen molar-refractivity contribution in [2.75, 3.05) is 50.7 Å². The predicted octanol–water partition coefficient (Wildman–Crippen LogP) is 0.978. The van der Waals surface area contributed by atoms with Crippen LogP contribution in [0.15, 0.2) is 18.5 Å². The summed E-state index contributed by atoms with van der Waals surface area (Å²) in [4.78, 5) is 27.7. The Morgan fingerprint density at radius 1 is 1.12 bits per heavy atom. The van der Waals surface area contributed by atoms with E-state index in [-0.39, 0.29) is 5.91 Å². The Kier molecular flexibility index (Phi) is 6.80. The Balaban J connectivity index is 1.35. The third kappa shape index (κ3) is 5.38. The molecule has 2 aliphatic rings. The van der Waals surface area contributed by atoms with E-state index in [9.17, 15) is 4.79 Å². The van der Waals surface area contributed by atoms with Crippen LogP contribution in [0.5, 0.6) is 0 Å². The Morgan fingerprint density at radius 3 is 2.38 bits per heavy atom. The summed E-state index contributed by atoms with van der Waals surface area (Å²) in [5.74, 6) is 1.04. The average Bonchev–Trinajstić information content (AvgIpc) is 2.67. The van der Waals surface area contributed by atoms with Gasteiger partial charge in [0, 0.05) is 63.6 Å². The molecule has 0 unspecified atom stereocenters. The summed E-state index contributed by atoms with van der Waals surface area (Å²) >= 11 is 0. The maximum Gasteiger partial charge on any atom is 0.225 e. The second kappa shape index (κ2) is 9.28. The van der Waals surface area contributed by atoms with Gasteiger partial charge >= 0.3 is 0 Å². The minimum Gasteiger partial charge on any atom is -0.339 e. The summed E-state index contributed by atoms with van der Waals surface area (Å²) < 4.78 is 0. The Bertz CT molecular complexity index is 550. The number of carbonyl (C=O) groups is 1. The average molecular weight is 361 g/mol. The molecule has 1 N–H and O–H groups in total. The highest BCUT2D eigenvalue weighted by Gasteiger charge is 2.24. The highest BCUT2D eigenvalue weighted by Crippen LogP contribution is 2.13. The van der Waals surface area contributed by atoms with E-state index in [0.717, 1.165) is 51.8 Å². The third-order valence-corrected chi connectivity index (χ3v) is 5.27. The topological polar surface area (TPSA) is 64.6 Å². The van der Waals surface area contributed by atoms with Crippen LogP contribution in [0.4, 0.5) is 5.95 Å². The monoisotopic (exact) mass is 360 g/mol. The zero-order valence-corrected chi connectivity index (χ0v) is 16.1. The van der Waals surface area contributed by atoms with E-state index >= 15 is 0 Å². The zero-order valence-electron chi connectivity index (χ0n) is 16.1. The minimum absolute atomic E-state index is 0.279.